The molecule has 1 aliphatic rings. The average molecular weight is 496 g/mol. The number of benzene rings is 3. The van der Waals surface area contributed by atoms with E-state index in [1.54, 1.807) is 0 Å². The van der Waals surface area contributed by atoms with Gasteiger partial charge in [-0.1, -0.05) is 17.7 Å². The highest BCUT2D eigenvalue weighted by molar-refractivity contribution is 7.92. The first-order valence-corrected chi connectivity index (χ1v) is 11.4. The van der Waals surface area contributed by atoms with Crippen molar-refractivity contribution in [2.45, 2.75) is 11.3 Å². The van der Waals surface area contributed by atoms with Crippen LogP contribution < -0.4 is 9.46 Å². The summed E-state index contributed by atoms with van der Waals surface area (Å²) >= 11 is 5.94. The van der Waals surface area contributed by atoms with Crippen LogP contribution in [0.4, 0.5) is 14.5 Å². The van der Waals surface area contributed by atoms with Crippen molar-refractivity contribution in [1.29, 1.82) is 0 Å². The number of phenols is 1. The molecule has 0 aromatic heterocycles. The number of methoxy groups -OCH3 is 1. The summed E-state index contributed by atoms with van der Waals surface area (Å²) in [6.45, 7) is -0.166. The first-order chi connectivity index (χ1) is 15.6. The molecule has 11 heteroatoms. The van der Waals surface area contributed by atoms with Gasteiger partial charge in [-0.3, -0.25) is 4.72 Å². The fourth-order valence-electron chi connectivity index (χ4n) is 3.46. The highest BCUT2D eigenvalue weighted by atomic mass is 35.5. The third kappa shape index (κ3) is 4.31. The number of aromatic hydroxyl groups is 1. The van der Waals surface area contributed by atoms with Crippen molar-refractivity contribution < 1.29 is 36.6 Å². The Hall–Kier alpha value is -3.37. The van der Waals surface area contributed by atoms with Crippen molar-refractivity contribution in [3.05, 3.63) is 70.2 Å². The van der Waals surface area contributed by atoms with Crippen LogP contribution in [-0.2, 0) is 21.2 Å². The number of halogens is 3. The molecule has 33 heavy (non-hydrogen) atoms. The van der Waals surface area contributed by atoms with E-state index in [-0.39, 0.29) is 46.2 Å². The van der Waals surface area contributed by atoms with Gasteiger partial charge in [-0.05, 0) is 41.5 Å². The van der Waals surface area contributed by atoms with Crippen LogP contribution in [0.2, 0.25) is 5.02 Å². The minimum atomic E-state index is -4.54. The van der Waals surface area contributed by atoms with Gasteiger partial charge in [0.25, 0.3) is 10.0 Å². The maximum Gasteiger partial charge on any atom is 0.338 e. The van der Waals surface area contributed by atoms with Gasteiger partial charge in [-0.25, -0.2) is 22.0 Å². The monoisotopic (exact) mass is 495 g/mol. The predicted molar refractivity (Wildman–Crippen MR) is 116 cm³/mol. The van der Waals surface area contributed by atoms with Crippen LogP contribution in [0, 0.1) is 11.6 Å². The topological polar surface area (TPSA) is 102 Å². The van der Waals surface area contributed by atoms with Crippen molar-refractivity contribution >= 4 is 33.3 Å². The quantitative estimate of drug-likeness (QED) is 0.481. The second-order valence-corrected chi connectivity index (χ2v) is 9.19. The van der Waals surface area contributed by atoms with Gasteiger partial charge in [0.05, 0.1) is 30.0 Å². The standard InChI is InChI=1S/C22H16ClF2NO6S/c1-31-19-10-17(25)15-9-18(19)26-33(29,30)20-7-12(6-16(23)21(20)27)22(28)32-5-4-11-2-3-13(24)8-14(11)15/h2-3,6-10,26-27H,4-5H2,1H3. The number of carbonyl (C=O) groups excluding carboxylic acids is 1. The van der Waals surface area contributed by atoms with E-state index in [4.69, 9.17) is 21.1 Å². The van der Waals surface area contributed by atoms with Gasteiger partial charge in [0.15, 0.2) is 5.75 Å². The predicted octanol–water partition coefficient (Wildman–Crippen LogP) is 4.51. The Morgan fingerprint density at radius 1 is 1.12 bits per heavy atom. The van der Waals surface area contributed by atoms with Crippen LogP contribution in [0.5, 0.6) is 11.5 Å². The molecule has 0 fully saturated rings. The van der Waals surface area contributed by atoms with E-state index in [1.807, 2.05) is 0 Å². The number of nitrogens with one attached hydrogen (secondary N) is 1. The van der Waals surface area contributed by atoms with Crippen LogP contribution in [0.25, 0.3) is 11.1 Å². The van der Waals surface area contributed by atoms with Crippen LogP contribution in [0.15, 0.2) is 47.4 Å². The first kappa shape index (κ1) is 22.8. The van der Waals surface area contributed by atoms with E-state index in [0.29, 0.717) is 5.56 Å². The van der Waals surface area contributed by atoms with E-state index in [1.165, 1.54) is 19.2 Å². The molecule has 0 atom stereocenters. The Morgan fingerprint density at radius 3 is 2.61 bits per heavy atom. The zero-order valence-electron chi connectivity index (χ0n) is 17.0. The number of hydrogen-bond donors (Lipinski definition) is 2. The van der Waals surface area contributed by atoms with E-state index in [0.717, 1.165) is 30.3 Å². The smallest absolute Gasteiger partial charge is 0.338 e. The third-order valence-electron chi connectivity index (χ3n) is 5.05. The van der Waals surface area contributed by atoms with Gasteiger partial charge in [0, 0.05) is 18.1 Å². The lowest BCUT2D eigenvalue weighted by Gasteiger charge is -2.18. The number of carbonyl (C=O) groups is 1. The summed E-state index contributed by atoms with van der Waals surface area (Å²) in [4.78, 5) is 11.8. The summed E-state index contributed by atoms with van der Waals surface area (Å²) < 4.78 is 67.7. The van der Waals surface area contributed by atoms with Gasteiger partial charge in [-0.15, -0.1) is 0 Å². The molecular formula is C22H16ClF2NO6S. The van der Waals surface area contributed by atoms with Crippen LogP contribution in [-0.4, -0.2) is 33.2 Å². The molecule has 0 saturated heterocycles. The highest BCUT2D eigenvalue weighted by Crippen LogP contribution is 2.39. The van der Waals surface area contributed by atoms with Crippen molar-refractivity contribution in [3.63, 3.8) is 0 Å². The number of ether oxygens (including phenoxy) is 2. The van der Waals surface area contributed by atoms with E-state index < -0.39 is 38.3 Å². The molecule has 172 valence electrons. The Balaban J connectivity index is 2.00. The zero-order chi connectivity index (χ0) is 23.9. The SMILES string of the molecule is COc1cc(F)c2cc1NS(=O)(=O)c1cc(cc(Cl)c1O)C(=O)OCCc1ccc(F)cc1-2. The van der Waals surface area contributed by atoms with Crippen molar-refractivity contribution in [2.75, 3.05) is 18.4 Å². The van der Waals surface area contributed by atoms with Gasteiger partial charge < -0.3 is 14.6 Å². The number of hydrogen-bond acceptors (Lipinski definition) is 6. The van der Waals surface area contributed by atoms with Gasteiger partial charge in [0.2, 0.25) is 0 Å². The van der Waals surface area contributed by atoms with E-state index in [2.05, 4.69) is 4.72 Å². The number of rotatable bonds is 1. The molecule has 4 bridgehead atoms. The molecular weight excluding hydrogens is 480 g/mol. The third-order valence-corrected chi connectivity index (χ3v) is 6.72. The normalized spacial score (nSPS) is 15.0. The van der Waals surface area contributed by atoms with E-state index in [9.17, 15) is 27.1 Å². The lowest BCUT2D eigenvalue weighted by Crippen LogP contribution is -2.16. The zero-order valence-corrected chi connectivity index (χ0v) is 18.6. The number of esters is 1. The van der Waals surface area contributed by atoms with Crippen molar-refractivity contribution in [2.24, 2.45) is 0 Å². The summed E-state index contributed by atoms with van der Waals surface area (Å²) in [5.74, 6) is -3.28. The molecule has 3 aromatic carbocycles. The molecule has 0 unspecified atom stereocenters. The lowest BCUT2D eigenvalue weighted by atomic mass is 9.96. The number of fused-ring (bicyclic) bond motifs is 6. The number of sulfonamides is 1. The molecule has 7 nitrogen and oxygen atoms in total. The maximum absolute atomic E-state index is 15.0. The second kappa shape index (κ2) is 8.53. The molecule has 4 rings (SSSR count). The molecule has 2 N–H and O–H groups in total. The molecule has 0 amide bonds. The van der Waals surface area contributed by atoms with Gasteiger partial charge in [-0.2, -0.15) is 0 Å². The first-order valence-electron chi connectivity index (χ1n) is 9.49. The minimum absolute atomic E-state index is 0.109. The average Bonchev–Trinajstić information content (AvgIpc) is 2.76. The fourth-order valence-corrected chi connectivity index (χ4v) is 4.94. The van der Waals surface area contributed by atoms with Gasteiger partial charge in [0.1, 0.15) is 22.3 Å². The summed E-state index contributed by atoms with van der Waals surface area (Å²) in [6.07, 6.45) is 0.118. The Bertz CT molecular complexity index is 1390. The summed E-state index contributed by atoms with van der Waals surface area (Å²) in [6, 6.07) is 7.80. The minimum Gasteiger partial charge on any atom is -0.505 e. The molecule has 0 spiro atoms. The number of cyclic esters (lactones) is 1. The fraction of sp³-hybridized carbons (Fsp3) is 0.136. The maximum atomic E-state index is 15.0. The Morgan fingerprint density at radius 2 is 1.88 bits per heavy atom. The molecule has 3 aromatic rings. The molecule has 0 aliphatic carbocycles. The number of anilines is 1. The van der Waals surface area contributed by atoms with Crippen molar-refractivity contribution in [3.8, 4) is 22.6 Å². The molecule has 0 saturated carbocycles. The summed E-state index contributed by atoms with van der Waals surface area (Å²) in [7, 11) is -3.33. The second-order valence-electron chi connectivity index (χ2n) is 7.13. The Labute approximate surface area is 192 Å². The Kier molecular flexibility index (Phi) is 5.89. The summed E-state index contributed by atoms with van der Waals surface area (Å²) in [5.41, 5.74) is 0.116. The van der Waals surface area contributed by atoms with E-state index >= 15 is 0 Å². The lowest BCUT2D eigenvalue weighted by molar-refractivity contribution is 0.0509. The molecule has 0 radical (unpaired) electrons. The van der Waals surface area contributed by atoms with Crippen LogP contribution in [0.3, 0.4) is 0 Å². The highest BCUT2D eigenvalue weighted by Gasteiger charge is 2.27. The largest absolute Gasteiger partial charge is 0.505 e. The van der Waals surface area contributed by atoms with Crippen LogP contribution in [0.1, 0.15) is 15.9 Å². The van der Waals surface area contributed by atoms with Crippen LogP contribution >= 0.6 is 11.6 Å². The molecule has 1 aliphatic heterocycles. The summed E-state index contributed by atoms with van der Waals surface area (Å²) in [5, 5.41) is 9.87. The van der Waals surface area contributed by atoms with Gasteiger partial charge >= 0.3 is 5.97 Å². The van der Waals surface area contributed by atoms with Crippen molar-refractivity contribution in [1.82, 2.24) is 0 Å². The molecule has 1 heterocycles. The number of phenolic OH excluding ortho intramolecular Hbond substituents is 1.